The van der Waals surface area contributed by atoms with Gasteiger partial charge in [-0.05, 0) is 49.6 Å². The van der Waals surface area contributed by atoms with Crippen LogP contribution in [0.4, 0.5) is 11.4 Å². The lowest BCUT2D eigenvalue weighted by Crippen LogP contribution is -2.28. The van der Waals surface area contributed by atoms with Crippen LogP contribution in [-0.4, -0.2) is 54.2 Å². The average molecular weight is 450 g/mol. The topological polar surface area (TPSA) is 116 Å². The van der Waals surface area contributed by atoms with Crippen LogP contribution in [0, 0.1) is 6.92 Å². The molecule has 0 bridgehead atoms. The fourth-order valence-corrected chi connectivity index (χ4v) is 3.86. The van der Waals surface area contributed by atoms with Crippen LogP contribution >= 0.6 is 0 Å². The second-order valence-electron chi connectivity index (χ2n) is 8.03. The summed E-state index contributed by atoms with van der Waals surface area (Å²) in [5, 5.41) is 12.9. The predicted molar refractivity (Wildman–Crippen MR) is 125 cm³/mol. The van der Waals surface area contributed by atoms with Crippen molar-refractivity contribution < 1.29 is 19.1 Å². The largest absolute Gasteiger partial charge is 0.456 e. The zero-order valence-corrected chi connectivity index (χ0v) is 18.5. The lowest BCUT2D eigenvalue weighted by molar-refractivity contribution is -0.147. The second kappa shape index (κ2) is 10.2. The van der Waals surface area contributed by atoms with Crippen molar-refractivity contribution >= 4 is 40.1 Å². The summed E-state index contributed by atoms with van der Waals surface area (Å²) in [6, 6.07) is 13.2. The molecule has 3 aromatic rings. The highest BCUT2D eigenvalue weighted by molar-refractivity contribution is 6.04. The molecule has 2 amide bonds. The third kappa shape index (κ3) is 5.49. The van der Waals surface area contributed by atoms with Gasteiger partial charge in [0, 0.05) is 36.4 Å². The van der Waals surface area contributed by atoms with Crippen molar-refractivity contribution in [3.63, 3.8) is 0 Å². The predicted octanol–water partition coefficient (Wildman–Crippen LogP) is 2.77. The van der Waals surface area contributed by atoms with Gasteiger partial charge in [0.15, 0.2) is 12.3 Å². The van der Waals surface area contributed by atoms with Gasteiger partial charge in [0.1, 0.15) is 0 Å². The number of nitrogens with zero attached hydrogens (tertiary/aromatic N) is 2. The lowest BCUT2D eigenvalue weighted by atomic mass is 10.1. The SMILES string of the molecule is Cc1cc(N2CCCC2)ccc1NC(=O)COC(=O)CCNC(=O)c1n[nH]c2ccccc12. The smallest absolute Gasteiger partial charge is 0.308 e. The number of H-pyrrole nitrogens is 1. The molecule has 2 heterocycles. The monoisotopic (exact) mass is 449 g/mol. The Morgan fingerprint density at radius 2 is 1.91 bits per heavy atom. The van der Waals surface area contributed by atoms with Crippen LogP contribution in [-0.2, 0) is 14.3 Å². The Bertz CT molecular complexity index is 1170. The molecule has 1 saturated heterocycles. The minimum absolute atomic E-state index is 0.0507. The summed E-state index contributed by atoms with van der Waals surface area (Å²) in [5.74, 6) is -1.36. The number of para-hydroxylation sites is 1. The number of benzene rings is 2. The molecule has 1 aromatic heterocycles. The van der Waals surface area contributed by atoms with Crippen molar-refractivity contribution in [2.24, 2.45) is 0 Å². The first-order chi connectivity index (χ1) is 16.0. The summed E-state index contributed by atoms with van der Waals surface area (Å²) < 4.78 is 5.03. The number of esters is 1. The summed E-state index contributed by atoms with van der Waals surface area (Å²) in [4.78, 5) is 38.8. The van der Waals surface area contributed by atoms with Crippen LogP contribution in [0.15, 0.2) is 42.5 Å². The Morgan fingerprint density at radius 1 is 1.12 bits per heavy atom. The molecule has 1 aliphatic rings. The van der Waals surface area contributed by atoms with E-state index < -0.39 is 11.9 Å². The number of hydrogen-bond acceptors (Lipinski definition) is 6. The van der Waals surface area contributed by atoms with Gasteiger partial charge in [0.25, 0.3) is 11.8 Å². The van der Waals surface area contributed by atoms with Crippen LogP contribution < -0.4 is 15.5 Å². The van der Waals surface area contributed by atoms with Crippen LogP contribution in [0.3, 0.4) is 0 Å². The van der Waals surface area contributed by atoms with E-state index in [9.17, 15) is 14.4 Å². The van der Waals surface area contributed by atoms with E-state index in [1.54, 1.807) is 6.07 Å². The number of aromatic amines is 1. The molecule has 0 saturated carbocycles. The molecule has 1 aliphatic heterocycles. The third-order valence-corrected chi connectivity index (χ3v) is 5.62. The first kappa shape index (κ1) is 22.3. The van der Waals surface area contributed by atoms with Gasteiger partial charge in [-0.15, -0.1) is 0 Å². The summed E-state index contributed by atoms with van der Waals surface area (Å²) in [6.45, 7) is 3.74. The van der Waals surface area contributed by atoms with Crippen LogP contribution in [0.1, 0.15) is 35.3 Å². The molecule has 3 N–H and O–H groups in total. The minimum Gasteiger partial charge on any atom is -0.456 e. The van der Waals surface area contributed by atoms with Crippen molar-refractivity contribution in [2.75, 3.05) is 36.5 Å². The van der Waals surface area contributed by atoms with Crippen molar-refractivity contribution in [2.45, 2.75) is 26.2 Å². The molecule has 0 spiro atoms. The van der Waals surface area contributed by atoms with Gasteiger partial charge < -0.3 is 20.3 Å². The van der Waals surface area contributed by atoms with Gasteiger partial charge in [-0.2, -0.15) is 5.10 Å². The Morgan fingerprint density at radius 3 is 2.70 bits per heavy atom. The Labute approximate surface area is 191 Å². The van der Waals surface area contributed by atoms with E-state index in [2.05, 4.69) is 31.8 Å². The van der Waals surface area contributed by atoms with E-state index in [1.165, 1.54) is 12.8 Å². The Kier molecular flexibility index (Phi) is 6.87. The Balaban J connectivity index is 1.19. The van der Waals surface area contributed by atoms with Gasteiger partial charge in [0.05, 0.1) is 11.9 Å². The van der Waals surface area contributed by atoms with Gasteiger partial charge >= 0.3 is 5.97 Å². The zero-order chi connectivity index (χ0) is 23.2. The molecule has 33 heavy (non-hydrogen) atoms. The maximum atomic E-state index is 12.3. The summed E-state index contributed by atoms with van der Waals surface area (Å²) >= 11 is 0. The number of nitrogens with one attached hydrogen (secondary N) is 3. The summed E-state index contributed by atoms with van der Waals surface area (Å²) in [5.41, 5.74) is 3.82. The van der Waals surface area contributed by atoms with Crippen LogP contribution in [0.2, 0.25) is 0 Å². The van der Waals surface area contributed by atoms with Gasteiger partial charge in [-0.25, -0.2) is 0 Å². The number of fused-ring (bicyclic) bond motifs is 1. The standard InChI is InChI=1S/C24H27N5O4/c1-16-14-17(29-12-4-5-13-29)8-9-19(16)26-21(30)15-33-22(31)10-11-25-24(32)23-18-6-2-3-7-20(18)27-28-23/h2-3,6-9,14H,4-5,10-13,15H2,1H3,(H,25,32)(H,26,30)(H,27,28). The molecule has 172 valence electrons. The van der Waals surface area contributed by atoms with Crippen molar-refractivity contribution in [3.8, 4) is 0 Å². The number of amides is 2. The molecule has 0 atom stereocenters. The van der Waals surface area contributed by atoms with E-state index >= 15 is 0 Å². The maximum absolute atomic E-state index is 12.3. The molecule has 0 unspecified atom stereocenters. The van der Waals surface area contributed by atoms with E-state index in [4.69, 9.17) is 4.74 Å². The number of hydrogen-bond donors (Lipinski definition) is 3. The summed E-state index contributed by atoms with van der Waals surface area (Å²) in [7, 11) is 0. The third-order valence-electron chi connectivity index (χ3n) is 5.62. The first-order valence-electron chi connectivity index (χ1n) is 11.0. The van der Waals surface area contributed by atoms with E-state index in [-0.39, 0.29) is 31.2 Å². The normalized spacial score (nSPS) is 13.2. The number of rotatable bonds is 8. The highest BCUT2D eigenvalue weighted by Gasteiger charge is 2.16. The molecule has 0 aliphatic carbocycles. The number of carbonyl (C=O) groups is 3. The van der Waals surface area contributed by atoms with Crippen molar-refractivity contribution in [1.82, 2.24) is 15.5 Å². The first-order valence-corrected chi connectivity index (χ1v) is 11.0. The van der Waals surface area contributed by atoms with Gasteiger partial charge in [-0.1, -0.05) is 18.2 Å². The highest BCUT2D eigenvalue weighted by atomic mass is 16.5. The number of carbonyl (C=O) groups excluding carboxylic acids is 3. The quantitative estimate of drug-likeness (QED) is 0.456. The van der Waals surface area contributed by atoms with Crippen LogP contribution in [0.25, 0.3) is 10.9 Å². The average Bonchev–Trinajstić information content (AvgIpc) is 3.49. The van der Waals surface area contributed by atoms with Crippen molar-refractivity contribution in [1.29, 1.82) is 0 Å². The summed E-state index contributed by atoms with van der Waals surface area (Å²) in [6.07, 6.45) is 2.35. The molecule has 9 heteroatoms. The second-order valence-corrected chi connectivity index (χ2v) is 8.03. The maximum Gasteiger partial charge on any atom is 0.308 e. The van der Waals surface area contributed by atoms with E-state index in [0.717, 1.165) is 29.9 Å². The molecule has 9 nitrogen and oxygen atoms in total. The molecular weight excluding hydrogens is 422 g/mol. The zero-order valence-electron chi connectivity index (χ0n) is 18.5. The molecule has 1 fully saturated rings. The van der Waals surface area contributed by atoms with Crippen molar-refractivity contribution in [3.05, 3.63) is 53.7 Å². The molecule has 2 aromatic carbocycles. The number of aryl methyl sites for hydroxylation is 1. The lowest BCUT2D eigenvalue weighted by Gasteiger charge is -2.19. The van der Waals surface area contributed by atoms with Crippen LogP contribution in [0.5, 0.6) is 0 Å². The number of aromatic nitrogens is 2. The fourth-order valence-electron chi connectivity index (χ4n) is 3.86. The fraction of sp³-hybridized carbons (Fsp3) is 0.333. The molecule has 4 rings (SSSR count). The number of ether oxygens (including phenoxy) is 1. The molecule has 0 radical (unpaired) electrons. The van der Waals surface area contributed by atoms with E-state index in [0.29, 0.717) is 11.1 Å². The van der Waals surface area contributed by atoms with E-state index in [1.807, 2.05) is 37.3 Å². The van der Waals surface area contributed by atoms with Gasteiger partial charge in [0.2, 0.25) is 0 Å². The highest BCUT2D eigenvalue weighted by Crippen LogP contribution is 2.25. The minimum atomic E-state index is -0.571. The van der Waals surface area contributed by atoms with Gasteiger partial charge in [-0.3, -0.25) is 19.5 Å². The molecular formula is C24H27N5O4. The number of anilines is 2. The Hall–Kier alpha value is -3.88.